The number of fused-ring (bicyclic) bond motifs is 2. The highest BCUT2D eigenvalue weighted by Gasteiger charge is 2.17. The molecule has 0 atom stereocenters. The van der Waals surface area contributed by atoms with Crippen LogP contribution in [0, 0.1) is 13.8 Å². The van der Waals surface area contributed by atoms with E-state index in [0.717, 1.165) is 16.5 Å². The zero-order chi connectivity index (χ0) is 19.2. The van der Waals surface area contributed by atoms with Gasteiger partial charge in [0.1, 0.15) is 4.90 Å². The van der Waals surface area contributed by atoms with E-state index in [1.807, 2.05) is 19.1 Å². The van der Waals surface area contributed by atoms with Gasteiger partial charge in [-0.25, -0.2) is 0 Å². The van der Waals surface area contributed by atoms with E-state index >= 15 is 0 Å². The zero-order valence-electron chi connectivity index (χ0n) is 15.2. The second-order valence-corrected chi connectivity index (χ2v) is 8.35. The first kappa shape index (κ1) is 17.7. The Labute approximate surface area is 159 Å². The van der Waals surface area contributed by atoms with Crippen LogP contribution in [-0.4, -0.2) is 13.0 Å². The van der Waals surface area contributed by atoms with E-state index in [9.17, 15) is 13.0 Å². The monoisotopic (exact) mass is 376 g/mol. The Bertz CT molecular complexity index is 1290. The highest BCUT2D eigenvalue weighted by molar-refractivity contribution is 7.86. The Kier molecular flexibility index (Phi) is 4.25. The van der Waals surface area contributed by atoms with Crippen LogP contribution in [0.2, 0.25) is 0 Å². The van der Waals surface area contributed by atoms with Crippen molar-refractivity contribution in [1.29, 1.82) is 0 Å². The minimum absolute atomic E-state index is 0.0429. The lowest BCUT2D eigenvalue weighted by Gasteiger charge is -2.14. The van der Waals surface area contributed by atoms with E-state index in [0.29, 0.717) is 11.8 Å². The normalized spacial score (nSPS) is 12.0. The molecule has 0 fully saturated rings. The Morgan fingerprint density at radius 3 is 2.07 bits per heavy atom. The second-order valence-electron chi connectivity index (χ2n) is 6.96. The molecule has 0 heterocycles. The van der Waals surface area contributed by atoms with E-state index in [1.165, 1.54) is 28.0 Å². The van der Waals surface area contributed by atoms with E-state index in [-0.39, 0.29) is 4.90 Å². The van der Waals surface area contributed by atoms with Gasteiger partial charge in [0.15, 0.2) is 0 Å². The minimum atomic E-state index is -4.28. The van der Waals surface area contributed by atoms with Gasteiger partial charge in [0.05, 0.1) is 0 Å². The number of hydrogen-bond acceptors (Lipinski definition) is 2. The molecule has 0 saturated carbocycles. The molecule has 0 unspecified atom stereocenters. The summed E-state index contributed by atoms with van der Waals surface area (Å²) in [5, 5.41) is 3.88. The van der Waals surface area contributed by atoms with Gasteiger partial charge in [-0.1, -0.05) is 60.7 Å². The molecule has 0 aliphatic heterocycles. The van der Waals surface area contributed by atoms with E-state index in [2.05, 4.69) is 43.3 Å². The van der Waals surface area contributed by atoms with Crippen molar-refractivity contribution in [3.05, 3.63) is 89.0 Å². The summed E-state index contributed by atoms with van der Waals surface area (Å²) in [5.74, 6) is 0. The van der Waals surface area contributed by atoms with Crippen LogP contribution in [0.15, 0.2) is 71.6 Å². The summed E-state index contributed by atoms with van der Waals surface area (Å²) in [6.45, 7) is 4.07. The molecule has 0 amide bonds. The smallest absolute Gasteiger partial charge is 0.282 e. The minimum Gasteiger partial charge on any atom is -0.282 e. The van der Waals surface area contributed by atoms with E-state index in [1.54, 1.807) is 12.1 Å². The Morgan fingerprint density at radius 2 is 1.33 bits per heavy atom. The third-order valence-electron chi connectivity index (χ3n) is 5.18. The zero-order valence-corrected chi connectivity index (χ0v) is 16.0. The molecule has 4 rings (SSSR count). The third kappa shape index (κ3) is 3.11. The summed E-state index contributed by atoms with van der Waals surface area (Å²) in [6.07, 6.45) is 0.688. The van der Waals surface area contributed by atoms with Crippen molar-refractivity contribution in [2.24, 2.45) is 0 Å². The number of benzene rings is 4. The van der Waals surface area contributed by atoms with Crippen molar-refractivity contribution in [3.8, 4) is 0 Å². The van der Waals surface area contributed by atoms with Crippen molar-refractivity contribution in [3.63, 3.8) is 0 Å². The summed E-state index contributed by atoms with van der Waals surface area (Å²) in [7, 11) is -4.28. The first-order valence-corrected chi connectivity index (χ1v) is 10.3. The predicted molar refractivity (Wildman–Crippen MR) is 110 cm³/mol. The lowest BCUT2D eigenvalue weighted by Crippen LogP contribution is -2.01. The van der Waals surface area contributed by atoms with Crippen molar-refractivity contribution in [2.45, 2.75) is 25.2 Å². The quantitative estimate of drug-likeness (QED) is 0.484. The molecular formula is C23H20O3S. The second kappa shape index (κ2) is 6.48. The Hall–Kier alpha value is -2.69. The summed E-state index contributed by atoms with van der Waals surface area (Å²) < 4.78 is 33.2. The molecule has 27 heavy (non-hydrogen) atoms. The van der Waals surface area contributed by atoms with Gasteiger partial charge >= 0.3 is 0 Å². The van der Waals surface area contributed by atoms with Crippen molar-refractivity contribution >= 4 is 31.7 Å². The average molecular weight is 376 g/mol. The number of rotatable bonds is 3. The van der Waals surface area contributed by atoms with Gasteiger partial charge in [-0.05, 0) is 64.7 Å². The summed E-state index contributed by atoms with van der Waals surface area (Å²) in [5.41, 5.74) is 4.46. The van der Waals surface area contributed by atoms with Crippen LogP contribution in [0.4, 0.5) is 0 Å². The summed E-state index contributed by atoms with van der Waals surface area (Å²) in [4.78, 5) is -0.0429. The molecule has 0 aliphatic rings. The standard InChI is InChI=1S/C23H20O3S/c1-15-6-3-10-20-17(7-4-9-19(15)20)14-18-8-5-11-21-22(27(24,25)26)13-12-16(2)23(18)21/h3-13H,14H2,1-2H3,(H,24,25,26). The molecule has 4 aromatic rings. The number of aryl methyl sites for hydroxylation is 2. The first-order valence-electron chi connectivity index (χ1n) is 8.82. The lowest BCUT2D eigenvalue weighted by molar-refractivity contribution is 0.484. The van der Waals surface area contributed by atoms with Gasteiger partial charge in [-0.3, -0.25) is 4.55 Å². The maximum atomic E-state index is 11.8. The summed E-state index contributed by atoms with van der Waals surface area (Å²) >= 11 is 0. The molecule has 1 N–H and O–H groups in total. The average Bonchev–Trinajstić information content (AvgIpc) is 2.62. The van der Waals surface area contributed by atoms with Gasteiger partial charge in [-0.2, -0.15) is 8.42 Å². The Morgan fingerprint density at radius 1 is 0.704 bits per heavy atom. The molecule has 136 valence electrons. The molecule has 3 nitrogen and oxygen atoms in total. The SMILES string of the molecule is Cc1cccc2c(Cc3cccc4c(S(=O)(=O)O)ccc(C)c34)cccc12. The number of hydrogen-bond donors (Lipinski definition) is 1. The van der Waals surface area contributed by atoms with Gasteiger partial charge in [0, 0.05) is 5.39 Å². The van der Waals surface area contributed by atoms with Crippen LogP contribution in [0.1, 0.15) is 22.3 Å². The lowest BCUT2D eigenvalue weighted by atomic mass is 9.92. The van der Waals surface area contributed by atoms with Crippen LogP contribution >= 0.6 is 0 Å². The molecule has 0 spiro atoms. The van der Waals surface area contributed by atoms with Crippen LogP contribution in [-0.2, 0) is 16.5 Å². The van der Waals surface area contributed by atoms with Gasteiger partial charge in [0.25, 0.3) is 10.1 Å². The van der Waals surface area contributed by atoms with E-state index in [4.69, 9.17) is 0 Å². The molecule has 0 aliphatic carbocycles. The van der Waals surface area contributed by atoms with Gasteiger partial charge in [0.2, 0.25) is 0 Å². The highest BCUT2D eigenvalue weighted by Crippen LogP contribution is 2.31. The third-order valence-corrected chi connectivity index (χ3v) is 6.10. The molecule has 0 aromatic heterocycles. The molecule has 4 aromatic carbocycles. The fourth-order valence-electron chi connectivity index (χ4n) is 3.91. The van der Waals surface area contributed by atoms with Crippen molar-refractivity contribution < 1.29 is 13.0 Å². The molecule has 0 saturated heterocycles. The van der Waals surface area contributed by atoms with Gasteiger partial charge in [-0.15, -0.1) is 0 Å². The molecule has 4 heteroatoms. The fourth-order valence-corrected chi connectivity index (χ4v) is 4.60. The Balaban J connectivity index is 1.96. The largest absolute Gasteiger partial charge is 0.295 e. The topological polar surface area (TPSA) is 54.4 Å². The fraction of sp³-hybridized carbons (Fsp3) is 0.130. The van der Waals surface area contributed by atoms with Crippen LogP contribution in [0.5, 0.6) is 0 Å². The van der Waals surface area contributed by atoms with Crippen LogP contribution < -0.4 is 0 Å². The van der Waals surface area contributed by atoms with Gasteiger partial charge < -0.3 is 0 Å². The molecule has 0 radical (unpaired) electrons. The van der Waals surface area contributed by atoms with Crippen molar-refractivity contribution in [1.82, 2.24) is 0 Å². The highest BCUT2D eigenvalue weighted by atomic mass is 32.2. The van der Waals surface area contributed by atoms with E-state index < -0.39 is 10.1 Å². The maximum Gasteiger partial charge on any atom is 0.295 e. The molecular weight excluding hydrogens is 356 g/mol. The maximum absolute atomic E-state index is 11.8. The predicted octanol–water partition coefficient (Wildman–Crippen LogP) is 5.45. The van der Waals surface area contributed by atoms with Crippen molar-refractivity contribution in [2.75, 3.05) is 0 Å². The first-order chi connectivity index (χ1) is 12.9. The van der Waals surface area contributed by atoms with Crippen LogP contribution in [0.3, 0.4) is 0 Å². The summed E-state index contributed by atoms with van der Waals surface area (Å²) in [6, 6.07) is 21.4. The van der Waals surface area contributed by atoms with Crippen LogP contribution in [0.25, 0.3) is 21.5 Å². The molecule has 0 bridgehead atoms.